The fraction of sp³-hybridized carbons (Fsp3) is 0.208. The summed E-state index contributed by atoms with van der Waals surface area (Å²) in [5.74, 6) is -0.0681. The Bertz CT molecular complexity index is 1140. The van der Waals surface area contributed by atoms with Crippen LogP contribution in [0.2, 0.25) is 0 Å². The molecule has 1 amide bonds. The van der Waals surface area contributed by atoms with Gasteiger partial charge in [-0.25, -0.2) is 8.42 Å². The molecule has 156 valence electrons. The van der Waals surface area contributed by atoms with E-state index in [1.54, 1.807) is 36.4 Å². The number of aryl methyl sites for hydroxylation is 4. The van der Waals surface area contributed by atoms with Crippen molar-refractivity contribution in [2.75, 3.05) is 10.0 Å². The van der Waals surface area contributed by atoms with Gasteiger partial charge in [0, 0.05) is 17.8 Å². The molecule has 3 aromatic carbocycles. The molecule has 0 fully saturated rings. The summed E-state index contributed by atoms with van der Waals surface area (Å²) in [5.41, 5.74) is 5.41. The maximum Gasteiger partial charge on any atom is 0.261 e. The largest absolute Gasteiger partial charge is 0.326 e. The van der Waals surface area contributed by atoms with Crippen LogP contribution in [0.25, 0.3) is 0 Å². The van der Waals surface area contributed by atoms with E-state index in [1.165, 1.54) is 0 Å². The van der Waals surface area contributed by atoms with E-state index in [4.69, 9.17) is 0 Å². The minimum Gasteiger partial charge on any atom is -0.326 e. The van der Waals surface area contributed by atoms with Gasteiger partial charge < -0.3 is 5.32 Å². The Hall–Kier alpha value is -3.12. The monoisotopic (exact) mass is 422 g/mol. The summed E-state index contributed by atoms with van der Waals surface area (Å²) in [4.78, 5) is 12.5. The first-order valence-corrected chi connectivity index (χ1v) is 11.3. The minimum absolute atomic E-state index is 0.0681. The van der Waals surface area contributed by atoms with E-state index < -0.39 is 10.0 Å². The summed E-state index contributed by atoms with van der Waals surface area (Å²) >= 11 is 0. The summed E-state index contributed by atoms with van der Waals surface area (Å²) in [6.07, 6.45) is 0.851. The number of nitrogens with one attached hydrogen (secondary N) is 2. The molecule has 0 saturated heterocycles. The molecule has 0 aliphatic carbocycles. The highest BCUT2D eigenvalue weighted by Gasteiger charge is 2.14. The molecule has 30 heavy (non-hydrogen) atoms. The normalized spacial score (nSPS) is 11.2. The number of rotatable bonds is 7. The van der Waals surface area contributed by atoms with Crippen LogP contribution < -0.4 is 10.0 Å². The van der Waals surface area contributed by atoms with Gasteiger partial charge in [0.05, 0.1) is 4.90 Å². The van der Waals surface area contributed by atoms with Crippen molar-refractivity contribution in [3.63, 3.8) is 0 Å². The predicted octanol–water partition coefficient (Wildman–Crippen LogP) is 4.98. The minimum atomic E-state index is -3.65. The number of anilines is 2. The molecule has 0 atom stereocenters. The number of benzene rings is 3. The highest BCUT2D eigenvalue weighted by Crippen LogP contribution is 2.19. The first-order valence-electron chi connectivity index (χ1n) is 9.78. The number of sulfonamides is 1. The van der Waals surface area contributed by atoms with Crippen molar-refractivity contribution >= 4 is 27.3 Å². The average molecular weight is 423 g/mol. The van der Waals surface area contributed by atoms with Crippen LogP contribution in [-0.2, 0) is 21.2 Å². The van der Waals surface area contributed by atoms with Gasteiger partial charge in [0.15, 0.2) is 0 Å². The molecule has 2 N–H and O–H groups in total. The van der Waals surface area contributed by atoms with Gasteiger partial charge in [-0.05, 0) is 74.2 Å². The number of amides is 1. The Labute approximate surface area is 178 Å². The lowest BCUT2D eigenvalue weighted by molar-refractivity contribution is -0.116. The van der Waals surface area contributed by atoms with Crippen molar-refractivity contribution in [3.8, 4) is 0 Å². The number of carbonyl (C=O) groups is 1. The van der Waals surface area contributed by atoms with Gasteiger partial charge in [-0.3, -0.25) is 9.52 Å². The topological polar surface area (TPSA) is 75.3 Å². The average Bonchev–Trinajstić information content (AvgIpc) is 2.71. The Balaban J connectivity index is 1.59. The van der Waals surface area contributed by atoms with Crippen LogP contribution >= 0.6 is 0 Å². The standard InChI is InChI=1S/C24H26N2O3S/c1-17-5-11-21(12-6-17)26-30(28,29)22-13-8-20(9-14-22)10-15-24(27)25-23-16-18(2)4-7-19(23)3/h4-9,11-14,16,26H,10,15H2,1-3H3,(H,25,27). The second-order valence-corrected chi connectivity index (χ2v) is 9.16. The SMILES string of the molecule is Cc1ccc(NS(=O)(=O)c2ccc(CCC(=O)Nc3cc(C)ccc3C)cc2)cc1. The van der Waals surface area contributed by atoms with Crippen molar-refractivity contribution in [1.82, 2.24) is 0 Å². The molecule has 0 spiro atoms. The molecule has 0 radical (unpaired) electrons. The quantitative estimate of drug-likeness (QED) is 0.564. The van der Waals surface area contributed by atoms with Crippen LogP contribution in [0.15, 0.2) is 71.6 Å². The summed E-state index contributed by atoms with van der Waals surface area (Å²) in [6.45, 7) is 5.89. The Morgan fingerprint density at radius 1 is 0.833 bits per heavy atom. The van der Waals surface area contributed by atoms with Gasteiger partial charge in [0.2, 0.25) is 5.91 Å². The van der Waals surface area contributed by atoms with Crippen LogP contribution in [0.3, 0.4) is 0 Å². The smallest absolute Gasteiger partial charge is 0.261 e. The third-order valence-electron chi connectivity index (χ3n) is 4.85. The molecule has 6 heteroatoms. The van der Waals surface area contributed by atoms with Crippen LogP contribution in [-0.4, -0.2) is 14.3 Å². The van der Waals surface area contributed by atoms with E-state index in [0.29, 0.717) is 18.5 Å². The van der Waals surface area contributed by atoms with E-state index in [-0.39, 0.29) is 10.8 Å². The molecule has 0 aliphatic heterocycles. The highest BCUT2D eigenvalue weighted by molar-refractivity contribution is 7.92. The number of hydrogen-bond donors (Lipinski definition) is 2. The lowest BCUT2D eigenvalue weighted by Crippen LogP contribution is -2.14. The van der Waals surface area contributed by atoms with Crippen LogP contribution in [0.4, 0.5) is 11.4 Å². The molecular formula is C24H26N2O3S. The van der Waals surface area contributed by atoms with Crippen LogP contribution in [0.1, 0.15) is 28.7 Å². The zero-order valence-electron chi connectivity index (χ0n) is 17.4. The molecule has 0 heterocycles. The molecule has 3 rings (SSSR count). The van der Waals surface area contributed by atoms with Gasteiger partial charge >= 0.3 is 0 Å². The maximum absolute atomic E-state index is 12.6. The number of carbonyl (C=O) groups excluding carboxylic acids is 1. The van der Waals surface area contributed by atoms with E-state index in [0.717, 1.165) is 27.9 Å². The zero-order valence-corrected chi connectivity index (χ0v) is 18.2. The fourth-order valence-electron chi connectivity index (χ4n) is 3.01. The molecule has 0 unspecified atom stereocenters. The summed E-state index contributed by atoms with van der Waals surface area (Å²) in [7, 11) is -3.65. The van der Waals surface area contributed by atoms with Crippen LogP contribution in [0.5, 0.6) is 0 Å². The zero-order chi connectivity index (χ0) is 21.7. The first-order chi connectivity index (χ1) is 14.2. The fourth-order valence-corrected chi connectivity index (χ4v) is 4.07. The molecule has 5 nitrogen and oxygen atoms in total. The third-order valence-corrected chi connectivity index (χ3v) is 6.24. The summed E-state index contributed by atoms with van der Waals surface area (Å²) in [6, 6.07) is 19.7. The second-order valence-electron chi connectivity index (χ2n) is 7.48. The van der Waals surface area contributed by atoms with Gasteiger partial charge in [-0.2, -0.15) is 0 Å². The van der Waals surface area contributed by atoms with E-state index >= 15 is 0 Å². The van der Waals surface area contributed by atoms with E-state index in [1.807, 2.05) is 51.1 Å². The van der Waals surface area contributed by atoms with Gasteiger partial charge in [-0.15, -0.1) is 0 Å². The van der Waals surface area contributed by atoms with Crippen molar-refractivity contribution in [2.24, 2.45) is 0 Å². The molecule has 0 bridgehead atoms. The Morgan fingerprint density at radius 2 is 1.47 bits per heavy atom. The van der Waals surface area contributed by atoms with Gasteiger partial charge in [0.1, 0.15) is 0 Å². The van der Waals surface area contributed by atoms with Crippen molar-refractivity contribution in [3.05, 3.63) is 89.0 Å². The van der Waals surface area contributed by atoms with E-state index in [9.17, 15) is 13.2 Å². The van der Waals surface area contributed by atoms with Crippen molar-refractivity contribution < 1.29 is 13.2 Å². The molecular weight excluding hydrogens is 396 g/mol. The Kier molecular flexibility index (Phi) is 6.57. The summed E-state index contributed by atoms with van der Waals surface area (Å²) in [5, 5.41) is 2.94. The van der Waals surface area contributed by atoms with Crippen molar-refractivity contribution in [1.29, 1.82) is 0 Å². The molecule has 0 aliphatic rings. The van der Waals surface area contributed by atoms with Gasteiger partial charge in [-0.1, -0.05) is 42.0 Å². The second kappa shape index (κ2) is 9.13. The van der Waals surface area contributed by atoms with Crippen LogP contribution in [0, 0.1) is 20.8 Å². The maximum atomic E-state index is 12.6. The molecule has 3 aromatic rings. The third kappa shape index (κ3) is 5.70. The lowest BCUT2D eigenvalue weighted by Gasteiger charge is -2.10. The Morgan fingerprint density at radius 3 is 2.13 bits per heavy atom. The first kappa shape index (κ1) is 21.6. The van der Waals surface area contributed by atoms with Crippen molar-refractivity contribution in [2.45, 2.75) is 38.5 Å². The highest BCUT2D eigenvalue weighted by atomic mass is 32.2. The molecule has 0 aromatic heterocycles. The number of hydrogen-bond acceptors (Lipinski definition) is 3. The lowest BCUT2D eigenvalue weighted by atomic mass is 10.1. The van der Waals surface area contributed by atoms with E-state index in [2.05, 4.69) is 10.0 Å². The molecule has 0 saturated carbocycles. The van der Waals surface area contributed by atoms with Gasteiger partial charge in [0.25, 0.3) is 10.0 Å². The summed E-state index contributed by atoms with van der Waals surface area (Å²) < 4.78 is 27.7. The predicted molar refractivity (Wildman–Crippen MR) is 121 cm³/mol.